The highest BCUT2D eigenvalue weighted by molar-refractivity contribution is 4.77. The third-order valence-electron chi connectivity index (χ3n) is 2.58. The van der Waals surface area contributed by atoms with Gasteiger partial charge in [-0.15, -0.1) is 0 Å². The van der Waals surface area contributed by atoms with Gasteiger partial charge in [0.25, 0.3) is 0 Å². The van der Waals surface area contributed by atoms with Gasteiger partial charge in [0.15, 0.2) is 0 Å². The van der Waals surface area contributed by atoms with E-state index in [1.165, 1.54) is 12.8 Å². The fourth-order valence-electron chi connectivity index (χ4n) is 1.58. The van der Waals surface area contributed by atoms with Crippen molar-refractivity contribution in [2.45, 2.75) is 38.8 Å². The SMILES string of the molecule is CCCC1OCCN(C)C1C. The molecule has 0 aromatic rings. The van der Waals surface area contributed by atoms with Crippen molar-refractivity contribution in [1.29, 1.82) is 0 Å². The Morgan fingerprint density at radius 2 is 2.27 bits per heavy atom. The molecule has 1 aliphatic rings. The highest BCUT2D eigenvalue weighted by Crippen LogP contribution is 2.15. The molecular weight excluding hydrogens is 138 g/mol. The largest absolute Gasteiger partial charge is 0.375 e. The van der Waals surface area contributed by atoms with Gasteiger partial charge in [0.2, 0.25) is 0 Å². The predicted molar refractivity (Wildman–Crippen MR) is 46.7 cm³/mol. The summed E-state index contributed by atoms with van der Waals surface area (Å²) < 4.78 is 5.66. The topological polar surface area (TPSA) is 12.5 Å². The molecule has 0 amide bonds. The number of ether oxygens (including phenoxy) is 1. The van der Waals surface area contributed by atoms with Crippen molar-refractivity contribution in [1.82, 2.24) is 4.90 Å². The average molecular weight is 157 g/mol. The molecule has 0 aromatic heterocycles. The zero-order valence-electron chi connectivity index (χ0n) is 7.84. The summed E-state index contributed by atoms with van der Waals surface area (Å²) in [5.74, 6) is 0. The Morgan fingerprint density at radius 1 is 1.55 bits per heavy atom. The summed E-state index contributed by atoms with van der Waals surface area (Å²) in [5, 5.41) is 0. The van der Waals surface area contributed by atoms with Gasteiger partial charge in [-0.3, -0.25) is 4.90 Å². The normalized spacial score (nSPS) is 34.1. The molecule has 2 nitrogen and oxygen atoms in total. The van der Waals surface area contributed by atoms with Crippen LogP contribution in [0.25, 0.3) is 0 Å². The van der Waals surface area contributed by atoms with Crippen LogP contribution >= 0.6 is 0 Å². The standard InChI is InChI=1S/C9H19NO/c1-4-5-9-8(2)10(3)6-7-11-9/h8-9H,4-7H2,1-3H3. The van der Waals surface area contributed by atoms with E-state index in [9.17, 15) is 0 Å². The van der Waals surface area contributed by atoms with Gasteiger partial charge >= 0.3 is 0 Å². The van der Waals surface area contributed by atoms with Gasteiger partial charge in [0.05, 0.1) is 12.7 Å². The van der Waals surface area contributed by atoms with E-state index in [4.69, 9.17) is 4.74 Å². The van der Waals surface area contributed by atoms with Gasteiger partial charge in [-0.05, 0) is 20.4 Å². The first-order valence-corrected chi connectivity index (χ1v) is 4.57. The van der Waals surface area contributed by atoms with Crippen LogP contribution in [0, 0.1) is 0 Å². The van der Waals surface area contributed by atoms with Gasteiger partial charge in [-0.1, -0.05) is 13.3 Å². The third kappa shape index (κ3) is 2.17. The second kappa shape index (κ2) is 4.07. The van der Waals surface area contributed by atoms with Crippen LogP contribution in [0.5, 0.6) is 0 Å². The molecule has 0 aromatic carbocycles. The number of rotatable bonds is 2. The first-order chi connectivity index (χ1) is 5.25. The molecule has 1 rings (SSSR count). The lowest BCUT2D eigenvalue weighted by molar-refractivity contribution is -0.0586. The summed E-state index contributed by atoms with van der Waals surface area (Å²) in [7, 11) is 2.18. The quantitative estimate of drug-likeness (QED) is 0.602. The Kier molecular flexibility index (Phi) is 3.34. The van der Waals surface area contributed by atoms with Gasteiger partial charge in [-0.2, -0.15) is 0 Å². The second-order valence-electron chi connectivity index (χ2n) is 3.42. The lowest BCUT2D eigenvalue weighted by atomic mass is 10.1. The molecule has 0 bridgehead atoms. The molecule has 1 fully saturated rings. The molecule has 2 atom stereocenters. The summed E-state index contributed by atoms with van der Waals surface area (Å²) in [5.41, 5.74) is 0. The molecule has 1 heterocycles. The smallest absolute Gasteiger partial charge is 0.0728 e. The zero-order valence-corrected chi connectivity index (χ0v) is 7.84. The van der Waals surface area contributed by atoms with E-state index in [0.29, 0.717) is 12.1 Å². The predicted octanol–water partition coefficient (Wildman–Crippen LogP) is 1.51. The maximum atomic E-state index is 5.66. The van der Waals surface area contributed by atoms with E-state index in [1.54, 1.807) is 0 Å². The second-order valence-corrected chi connectivity index (χ2v) is 3.42. The van der Waals surface area contributed by atoms with E-state index in [2.05, 4.69) is 25.8 Å². The Labute approximate surface area is 69.5 Å². The van der Waals surface area contributed by atoms with Crippen molar-refractivity contribution in [3.8, 4) is 0 Å². The Morgan fingerprint density at radius 3 is 2.91 bits per heavy atom. The molecule has 11 heavy (non-hydrogen) atoms. The lowest BCUT2D eigenvalue weighted by Crippen LogP contribution is -2.47. The molecule has 2 unspecified atom stereocenters. The molecule has 1 aliphatic heterocycles. The van der Waals surface area contributed by atoms with E-state index < -0.39 is 0 Å². The van der Waals surface area contributed by atoms with Crippen LogP contribution in [0.2, 0.25) is 0 Å². The van der Waals surface area contributed by atoms with Crippen LogP contribution < -0.4 is 0 Å². The first kappa shape index (κ1) is 9.01. The summed E-state index contributed by atoms with van der Waals surface area (Å²) >= 11 is 0. The maximum absolute atomic E-state index is 5.66. The number of nitrogens with zero attached hydrogens (tertiary/aromatic N) is 1. The summed E-state index contributed by atoms with van der Waals surface area (Å²) in [4.78, 5) is 2.38. The Balaban J connectivity index is 2.38. The van der Waals surface area contributed by atoms with E-state index in [-0.39, 0.29) is 0 Å². The van der Waals surface area contributed by atoms with Crippen LogP contribution in [0.3, 0.4) is 0 Å². The highest BCUT2D eigenvalue weighted by Gasteiger charge is 2.24. The molecular formula is C9H19NO. The zero-order chi connectivity index (χ0) is 8.27. The maximum Gasteiger partial charge on any atom is 0.0728 e. The number of hydrogen-bond acceptors (Lipinski definition) is 2. The van der Waals surface area contributed by atoms with Crippen molar-refractivity contribution >= 4 is 0 Å². The fraction of sp³-hybridized carbons (Fsp3) is 1.00. The Bertz CT molecular complexity index is 114. The van der Waals surface area contributed by atoms with Crippen LogP contribution in [-0.4, -0.2) is 37.2 Å². The fourth-order valence-corrected chi connectivity index (χ4v) is 1.58. The van der Waals surface area contributed by atoms with Gasteiger partial charge in [-0.25, -0.2) is 0 Å². The summed E-state index contributed by atoms with van der Waals surface area (Å²) in [6.45, 7) is 6.46. The van der Waals surface area contributed by atoms with Crippen LogP contribution in [-0.2, 0) is 4.74 Å². The monoisotopic (exact) mass is 157 g/mol. The average Bonchev–Trinajstić information content (AvgIpc) is 1.99. The van der Waals surface area contributed by atoms with Crippen molar-refractivity contribution in [3.63, 3.8) is 0 Å². The van der Waals surface area contributed by atoms with Crippen molar-refractivity contribution < 1.29 is 4.74 Å². The van der Waals surface area contributed by atoms with Crippen molar-refractivity contribution in [2.24, 2.45) is 0 Å². The number of hydrogen-bond donors (Lipinski definition) is 0. The van der Waals surface area contributed by atoms with E-state index >= 15 is 0 Å². The van der Waals surface area contributed by atoms with Gasteiger partial charge in [0, 0.05) is 12.6 Å². The van der Waals surface area contributed by atoms with Crippen LogP contribution in [0.1, 0.15) is 26.7 Å². The highest BCUT2D eigenvalue weighted by atomic mass is 16.5. The van der Waals surface area contributed by atoms with Gasteiger partial charge in [0.1, 0.15) is 0 Å². The minimum absolute atomic E-state index is 0.471. The minimum Gasteiger partial charge on any atom is -0.375 e. The van der Waals surface area contributed by atoms with Crippen LogP contribution in [0.15, 0.2) is 0 Å². The molecule has 2 heteroatoms. The summed E-state index contributed by atoms with van der Waals surface area (Å²) in [6, 6.07) is 0.601. The molecule has 0 aliphatic carbocycles. The molecule has 0 spiro atoms. The van der Waals surface area contributed by atoms with Crippen molar-refractivity contribution in [2.75, 3.05) is 20.2 Å². The first-order valence-electron chi connectivity index (χ1n) is 4.57. The summed E-state index contributed by atoms with van der Waals surface area (Å²) in [6.07, 6.45) is 2.90. The number of morpholine rings is 1. The molecule has 0 radical (unpaired) electrons. The Hall–Kier alpha value is -0.0800. The molecule has 1 saturated heterocycles. The van der Waals surface area contributed by atoms with Gasteiger partial charge < -0.3 is 4.74 Å². The van der Waals surface area contributed by atoms with E-state index in [0.717, 1.165) is 13.2 Å². The third-order valence-corrected chi connectivity index (χ3v) is 2.58. The molecule has 0 N–H and O–H groups in total. The number of likely N-dealkylation sites (N-methyl/N-ethyl adjacent to an activating group) is 1. The van der Waals surface area contributed by atoms with Crippen LogP contribution in [0.4, 0.5) is 0 Å². The molecule has 0 saturated carbocycles. The lowest BCUT2D eigenvalue weighted by Gasteiger charge is -2.36. The minimum atomic E-state index is 0.471. The van der Waals surface area contributed by atoms with Crippen molar-refractivity contribution in [3.05, 3.63) is 0 Å². The molecule has 66 valence electrons. The van der Waals surface area contributed by atoms with E-state index in [1.807, 2.05) is 0 Å².